The summed E-state index contributed by atoms with van der Waals surface area (Å²) in [4.78, 5) is 12.2. The number of nitrogens with zero attached hydrogens (tertiary/aromatic N) is 2. The van der Waals surface area contributed by atoms with E-state index in [2.05, 4.69) is 5.32 Å². The molecular weight excluding hydrogens is 381 g/mol. The van der Waals surface area contributed by atoms with E-state index in [9.17, 15) is 14.4 Å². The Morgan fingerprint density at radius 1 is 1.25 bits per heavy atom. The maximum absolute atomic E-state index is 13.4. The summed E-state index contributed by atoms with van der Waals surface area (Å²) in [5.74, 6) is 0.474. The molecule has 28 heavy (non-hydrogen) atoms. The standard InChI is InChI=1S/C21H17ClFN3O2/c1-13-3-5-15(28-2)10-19(13)25-21-16(11-24)20(27)7-8-26(21)12-14-4-6-18(23)17(22)9-14/h3-10,25H,12H2,1-2H3. The summed E-state index contributed by atoms with van der Waals surface area (Å²) in [7, 11) is 1.56. The number of benzene rings is 2. The molecule has 0 radical (unpaired) electrons. The van der Waals surface area contributed by atoms with Gasteiger partial charge in [-0.1, -0.05) is 23.7 Å². The molecule has 0 aliphatic carbocycles. The third kappa shape index (κ3) is 4.00. The van der Waals surface area contributed by atoms with Crippen LogP contribution in [-0.4, -0.2) is 11.7 Å². The maximum Gasteiger partial charge on any atom is 0.201 e. The monoisotopic (exact) mass is 397 g/mol. The van der Waals surface area contributed by atoms with Gasteiger partial charge in [0.25, 0.3) is 0 Å². The zero-order valence-corrected chi connectivity index (χ0v) is 16.0. The number of rotatable bonds is 5. The van der Waals surface area contributed by atoms with Crippen LogP contribution in [0.25, 0.3) is 0 Å². The first kappa shape index (κ1) is 19.5. The molecular formula is C21H17ClFN3O2. The van der Waals surface area contributed by atoms with Gasteiger partial charge in [0.15, 0.2) is 0 Å². The van der Waals surface area contributed by atoms with Crippen LogP contribution in [0.2, 0.25) is 5.02 Å². The molecule has 142 valence electrons. The van der Waals surface area contributed by atoms with Crippen LogP contribution in [0, 0.1) is 24.1 Å². The second-order valence-electron chi connectivity index (χ2n) is 6.20. The number of nitriles is 1. The summed E-state index contributed by atoms with van der Waals surface area (Å²) in [6.07, 6.45) is 1.58. The van der Waals surface area contributed by atoms with Crippen LogP contribution in [0.15, 0.2) is 53.5 Å². The summed E-state index contributed by atoms with van der Waals surface area (Å²) >= 11 is 5.87. The molecule has 0 spiro atoms. The number of hydrogen-bond acceptors (Lipinski definition) is 4. The van der Waals surface area contributed by atoms with E-state index in [1.54, 1.807) is 30.0 Å². The van der Waals surface area contributed by atoms with Crippen LogP contribution in [0.1, 0.15) is 16.7 Å². The second kappa shape index (κ2) is 8.15. The molecule has 0 aliphatic heterocycles. The minimum absolute atomic E-state index is 0.0113. The molecule has 5 nitrogen and oxygen atoms in total. The number of aromatic nitrogens is 1. The molecule has 0 aliphatic rings. The molecule has 7 heteroatoms. The smallest absolute Gasteiger partial charge is 0.201 e. The summed E-state index contributed by atoms with van der Waals surface area (Å²) in [5.41, 5.74) is 1.94. The highest BCUT2D eigenvalue weighted by atomic mass is 35.5. The number of anilines is 2. The number of nitrogens with one attached hydrogen (secondary N) is 1. The van der Waals surface area contributed by atoms with E-state index in [1.165, 1.54) is 18.2 Å². The zero-order valence-electron chi connectivity index (χ0n) is 15.3. The van der Waals surface area contributed by atoms with Crippen molar-refractivity contribution < 1.29 is 9.13 Å². The van der Waals surface area contributed by atoms with Gasteiger partial charge in [-0.3, -0.25) is 4.79 Å². The molecule has 3 aromatic rings. The lowest BCUT2D eigenvalue weighted by atomic mass is 10.1. The molecule has 1 N–H and O–H groups in total. The summed E-state index contributed by atoms with van der Waals surface area (Å²) in [5, 5.41) is 12.7. The van der Waals surface area contributed by atoms with Crippen LogP contribution in [0.5, 0.6) is 5.75 Å². The van der Waals surface area contributed by atoms with Crippen LogP contribution < -0.4 is 15.5 Å². The zero-order chi connectivity index (χ0) is 20.3. The lowest BCUT2D eigenvalue weighted by Crippen LogP contribution is -2.16. The molecule has 2 aromatic carbocycles. The van der Waals surface area contributed by atoms with Crippen molar-refractivity contribution in [2.24, 2.45) is 0 Å². The van der Waals surface area contributed by atoms with Gasteiger partial charge < -0.3 is 14.6 Å². The van der Waals surface area contributed by atoms with Gasteiger partial charge in [-0.2, -0.15) is 5.26 Å². The van der Waals surface area contributed by atoms with Gasteiger partial charge in [0.05, 0.1) is 12.1 Å². The van der Waals surface area contributed by atoms with E-state index in [4.69, 9.17) is 16.3 Å². The van der Waals surface area contributed by atoms with E-state index in [-0.39, 0.29) is 16.0 Å². The van der Waals surface area contributed by atoms with E-state index < -0.39 is 5.82 Å². The van der Waals surface area contributed by atoms with Crippen molar-refractivity contribution in [1.82, 2.24) is 4.57 Å². The van der Waals surface area contributed by atoms with Crippen molar-refractivity contribution in [2.45, 2.75) is 13.5 Å². The maximum atomic E-state index is 13.4. The lowest BCUT2D eigenvalue weighted by molar-refractivity contribution is 0.415. The Labute approximate surface area is 166 Å². The van der Waals surface area contributed by atoms with Gasteiger partial charge in [0.2, 0.25) is 5.43 Å². The SMILES string of the molecule is COc1ccc(C)c(Nc2c(C#N)c(=O)ccn2Cc2ccc(F)c(Cl)c2)c1. The highest BCUT2D eigenvalue weighted by Crippen LogP contribution is 2.27. The highest BCUT2D eigenvalue weighted by molar-refractivity contribution is 6.30. The van der Waals surface area contributed by atoms with Gasteiger partial charge in [-0.15, -0.1) is 0 Å². The first-order valence-corrected chi connectivity index (χ1v) is 8.80. The van der Waals surface area contributed by atoms with Crippen molar-refractivity contribution in [3.05, 3.63) is 86.4 Å². The predicted molar refractivity (Wildman–Crippen MR) is 107 cm³/mol. The van der Waals surface area contributed by atoms with Gasteiger partial charge in [0.1, 0.15) is 29.0 Å². The molecule has 0 atom stereocenters. The van der Waals surface area contributed by atoms with Crippen LogP contribution >= 0.6 is 11.6 Å². The Hall–Kier alpha value is -3.30. The number of ether oxygens (including phenoxy) is 1. The number of methoxy groups -OCH3 is 1. The lowest BCUT2D eigenvalue weighted by Gasteiger charge is -2.18. The topological polar surface area (TPSA) is 67.0 Å². The van der Waals surface area contributed by atoms with Gasteiger partial charge in [-0.25, -0.2) is 4.39 Å². The van der Waals surface area contributed by atoms with Gasteiger partial charge in [0, 0.05) is 30.6 Å². The number of halogens is 2. The van der Waals surface area contributed by atoms with Gasteiger partial charge in [-0.05, 0) is 36.2 Å². The fourth-order valence-corrected chi connectivity index (χ4v) is 2.98. The van der Waals surface area contributed by atoms with Gasteiger partial charge >= 0.3 is 0 Å². The Morgan fingerprint density at radius 3 is 2.71 bits per heavy atom. The minimum Gasteiger partial charge on any atom is -0.497 e. The van der Waals surface area contributed by atoms with E-state index in [0.717, 1.165) is 11.1 Å². The Bertz CT molecular complexity index is 1140. The first-order chi connectivity index (χ1) is 13.4. The fraction of sp³-hybridized carbons (Fsp3) is 0.143. The predicted octanol–water partition coefficient (Wildman–Crippen LogP) is 4.62. The normalized spacial score (nSPS) is 10.4. The van der Waals surface area contributed by atoms with Crippen LogP contribution in [0.4, 0.5) is 15.9 Å². The summed E-state index contributed by atoms with van der Waals surface area (Å²) < 4.78 is 20.4. The summed E-state index contributed by atoms with van der Waals surface area (Å²) in [6, 6.07) is 13.2. The highest BCUT2D eigenvalue weighted by Gasteiger charge is 2.14. The van der Waals surface area contributed by atoms with Crippen LogP contribution in [0.3, 0.4) is 0 Å². The third-order valence-electron chi connectivity index (χ3n) is 4.32. The average Bonchev–Trinajstić information content (AvgIpc) is 2.68. The third-order valence-corrected chi connectivity index (χ3v) is 4.61. The van der Waals surface area contributed by atoms with E-state index in [0.29, 0.717) is 23.8 Å². The van der Waals surface area contributed by atoms with Crippen molar-refractivity contribution in [3.8, 4) is 11.8 Å². The van der Waals surface area contributed by atoms with Crippen molar-refractivity contribution in [1.29, 1.82) is 5.26 Å². The van der Waals surface area contributed by atoms with E-state index >= 15 is 0 Å². The molecule has 0 unspecified atom stereocenters. The minimum atomic E-state index is -0.506. The van der Waals surface area contributed by atoms with Crippen molar-refractivity contribution in [2.75, 3.05) is 12.4 Å². The molecule has 3 rings (SSSR count). The number of hydrogen-bond donors (Lipinski definition) is 1. The molecule has 0 saturated carbocycles. The Balaban J connectivity index is 2.08. The average molecular weight is 398 g/mol. The molecule has 0 amide bonds. The molecule has 0 saturated heterocycles. The van der Waals surface area contributed by atoms with Crippen molar-refractivity contribution >= 4 is 23.1 Å². The quantitative estimate of drug-likeness (QED) is 0.682. The van der Waals surface area contributed by atoms with Crippen LogP contribution in [-0.2, 0) is 6.54 Å². The largest absolute Gasteiger partial charge is 0.497 e. The molecule has 1 aromatic heterocycles. The second-order valence-corrected chi connectivity index (χ2v) is 6.60. The first-order valence-electron chi connectivity index (χ1n) is 8.42. The number of pyridine rings is 1. The molecule has 0 fully saturated rings. The fourth-order valence-electron chi connectivity index (χ4n) is 2.77. The van der Waals surface area contributed by atoms with E-state index in [1.807, 2.05) is 25.1 Å². The molecule has 1 heterocycles. The van der Waals surface area contributed by atoms with Crippen molar-refractivity contribution in [3.63, 3.8) is 0 Å². The molecule has 0 bridgehead atoms. The Kier molecular flexibility index (Phi) is 5.67. The Morgan fingerprint density at radius 2 is 2.04 bits per heavy atom. The number of aryl methyl sites for hydroxylation is 1. The summed E-state index contributed by atoms with van der Waals surface area (Å²) in [6.45, 7) is 2.19.